The Hall–Kier alpha value is -1.52. The summed E-state index contributed by atoms with van der Waals surface area (Å²) in [6.45, 7) is 4.10. The summed E-state index contributed by atoms with van der Waals surface area (Å²) in [5.74, 6) is -1.12. The zero-order valence-electron chi connectivity index (χ0n) is 10.5. The molecule has 0 aliphatic carbocycles. The molecule has 18 heavy (non-hydrogen) atoms. The van der Waals surface area contributed by atoms with E-state index in [-0.39, 0.29) is 13.0 Å². The fraction of sp³-hybridized carbons (Fsp3) is 0.462. The van der Waals surface area contributed by atoms with Crippen molar-refractivity contribution in [1.29, 1.82) is 0 Å². The van der Waals surface area contributed by atoms with E-state index in [0.29, 0.717) is 5.75 Å². The molecule has 1 aromatic carbocycles. The van der Waals surface area contributed by atoms with Crippen molar-refractivity contribution in [3.63, 3.8) is 0 Å². The quantitative estimate of drug-likeness (QED) is 0.749. The van der Waals surface area contributed by atoms with Crippen LogP contribution in [0.4, 0.5) is 13.2 Å². The maximum atomic E-state index is 11.8. The number of ketones is 1. The van der Waals surface area contributed by atoms with Gasteiger partial charge in [0.25, 0.3) is 0 Å². The smallest absolute Gasteiger partial charge is 0.449 e. The third-order valence-corrected chi connectivity index (χ3v) is 1.88. The zero-order valence-corrected chi connectivity index (χ0v) is 10.5. The van der Waals surface area contributed by atoms with Crippen LogP contribution in [0.1, 0.15) is 26.7 Å². The number of benzene rings is 1. The second-order valence-corrected chi connectivity index (χ2v) is 3.19. The highest BCUT2D eigenvalue weighted by molar-refractivity contribution is 5.83. The maximum Gasteiger partial charge on any atom is 0.449 e. The molecule has 1 aromatic rings. The SMILES string of the molecule is CC.O=C(CCCOc1ccccc1)C(F)(F)F. The van der Waals surface area contributed by atoms with Crippen LogP contribution in [-0.2, 0) is 4.79 Å². The molecule has 0 saturated carbocycles. The normalized spacial score (nSPS) is 10.3. The summed E-state index contributed by atoms with van der Waals surface area (Å²) in [6.07, 6.45) is -5.20. The molecule has 0 atom stereocenters. The number of para-hydroxylation sites is 1. The minimum Gasteiger partial charge on any atom is -0.494 e. The summed E-state index contributed by atoms with van der Waals surface area (Å²) in [5, 5.41) is 0. The summed E-state index contributed by atoms with van der Waals surface area (Å²) >= 11 is 0. The Morgan fingerprint density at radius 3 is 2.22 bits per heavy atom. The molecule has 0 aliphatic heterocycles. The van der Waals surface area contributed by atoms with Gasteiger partial charge in [0.05, 0.1) is 6.61 Å². The third kappa shape index (κ3) is 6.93. The van der Waals surface area contributed by atoms with Crippen molar-refractivity contribution in [2.45, 2.75) is 32.9 Å². The van der Waals surface area contributed by atoms with Crippen LogP contribution in [0.3, 0.4) is 0 Å². The first kappa shape index (κ1) is 16.5. The van der Waals surface area contributed by atoms with Crippen molar-refractivity contribution in [2.24, 2.45) is 0 Å². The van der Waals surface area contributed by atoms with Gasteiger partial charge in [-0.05, 0) is 18.6 Å². The lowest BCUT2D eigenvalue weighted by atomic mass is 10.2. The summed E-state index contributed by atoms with van der Waals surface area (Å²) in [6, 6.07) is 8.73. The number of halogens is 3. The number of hydrogen-bond donors (Lipinski definition) is 0. The van der Waals surface area contributed by atoms with Crippen LogP contribution in [0.25, 0.3) is 0 Å². The fourth-order valence-electron chi connectivity index (χ4n) is 1.08. The van der Waals surface area contributed by atoms with E-state index in [1.807, 2.05) is 13.8 Å². The molecule has 5 heteroatoms. The predicted octanol–water partition coefficient (Wildman–Crippen LogP) is 4.00. The molecular formula is C13H17F3O2. The van der Waals surface area contributed by atoms with Crippen LogP contribution in [-0.4, -0.2) is 18.6 Å². The Balaban J connectivity index is 0.00000137. The second kappa shape index (κ2) is 8.55. The van der Waals surface area contributed by atoms with Gasteiger partial charge in [0, 0.05) is 6.42 Å². The van der Waals surface area contributed by atoms with Gasteiger partial charge in [0.1, 0.15) is 5.75 Å². The molecule has 0 fully saturated rings. The standard InChI is InChI=1S/C11H11F3O2.C2H6/c12-11(13,14)10(15)7-4-8-16-9-5-2-1-3-6-9;1-2/h1-3,5-6H,4,7-8H2;1-2H3. The fourth-order valence-corrected chi connectivity index (χ4v) is 1.08. The van der Waals surface area contributed by atoms with Gasteiger partial charge in [0.2, 0.25) is 5.78 Å². The van der Waals surface area contributed by atoms with Crippen LogP contribution < -0.4 is 4.74 Å². The number of Topliss-reactive ketones (excluding diaryl/α,β-unsaturated/α-hetero) is 1. The Labute approximate surface area is 105 Å². The third-order valence-electron chi connectivity index (χ3n) is 1.88. The molecule has 0 amide bonds. The first-order valence-corrected chi connectivity index (χ1v) is 5.78. The van der Waals surface area contributed by atoms with Gasteiger partial charge < -0.3 is 4.74 Å². The van der Waals surface area contributed by atoms with E-state index in [0.717, 1.165) is 0 Å². The average Bonchev–Trinajstić information content (AvgIpc) is 2.37. The number of carbonyl (C=O) groups excluding carboxylic acids is 1. The lowest BCUT2D eigenvalue weighted by Crippen LogP contribution is -2.22. The first-order valence-electron chi connectivity index (χ1n) is 5.78. The van der Waals surface area contributed by atoms with Crippen LogP contribution in [0.5, 0.6) is 5.75 Å². The number of ether oxygens (including phenoxy) is 1. The van der Waals surface area contributed by atoms with Crippen LogP contribution in [0, 0.1) is 0 Å². The summed E-state index contributed by atoms with van der Waals surface area (Å²) < 4.78 is 40.6. The molecule has 0 saturated heterocycles. The monoisotopic (exact) mass is 262 g/mol. The first-order chi connectivity index (χ1) is 8.50. The van der Waals surface area contributed by atoms with E-state index in [4.69, 9.17) is 4.74 Å². The van der Waals surface area contributed by atoms with Crippen molar-refractivity contribution in [1.82, 2.24) is 0 Å². The molecule has 0 heterocycles. The average molecular weight is 262 g/mol. The lowest BCUT2D eigenvalue weighted by molar-refractivity contribution is -0.171. The van der Waals surface area contributed by atoms with E-state index >= 15 is 0 Å². The summed E-state index contributed by atoms with van der Waals surface area (Å²) in [5.41, 5.74) is 0. The van der Waals surface area contributed by atoms with E-state index in [9.17, 15) is 18.0 Å². The highest BCUT2D eigenvalue weighted by atomic mass is 19.4. The van der Waals surface area contributed by atoms with Gasteiger partial charge >= 0.3 is 6.18 Å². The Bertz CT molecular complexity index is 334. The van der Waals surface area contributed by atoms with Gasteiger partial charge in [-0.3, -0.25) is 4.79 Å². The number of rotatable bonds is 5. The van der Waals surface area contributed by atoms with Gasteiger partial charge in [-0.15, -0.1) is 0 Å². The topological polar surface area (TPSA) is 26.3 Å². The van der Waals surface area contributed by atoms with Crippen molar-refractivity contribution >= 4 is 5.78 Å². The zero-order chi connectivity index (χ0) is 14.0. The lowest BCUT2D eigenvalue weighted by Gasteiger charge is -2.06. The number of hydrogen-bond acceptors (Lipinski definition) is 2. The van der Waals surface area contributed by atoms with E-state index in [1.165, 1.54) is 0 Å². The highest BCUT2D eigenvalue weighted by Crippen LogP contribution is 2.18. The van der Waals surface area contributed by atoms with Gasteiger partial charge in [-0.25, -0.2) is 0 Å². The van der Waals surface area contributed by atoms with Crippen LogP contribution in [0.2, 0.25) is 0 Å². The van der Waals surface area contributed by atoms with Gasteiger partial charge in [-0.2, -0.15) is 13.2 Å². The molecule has 0 unspecified atom stereocenters. The number of carbonyl (C=O) groups is 1. The molecule has 1 rings (SSSR count). The van der Waals surface area contributed by atoms with E-state index in [2.05, 4.69) is 0 Å². The second-order valence-electron chi connectivity index (χ2n) is 3.19. The molecule has 102 valence electrons. The molecule has 0 N–H and O–H groups in total. The molecule has 0 aromatic heterocycles. The molecule has 2 nitrogen and oxygen atoms in total. The summed E-state index contributed by atoms with van der Waals surface area (Å²) in [7, 11) is 0. The van der Waals surface area contributed by atoms with Gasteiger partial charge in [-0.1, -0.05) is 32.0 Å². The van der Waals surface area contributed by atoms with Crippen molar-refractivity contribution in [3.05, 3.63) is 30.3 Å². The molecule has 0 aliphatic rings. The minimum absolute atomic E-state index is 0.0627. The molecule has 0 bridgehead atoms. The Morgan fingerprint density at radius 1 is 1.17 bits per heavy atom. The Morgan fingerprint density at radius 2 is 1.72 bits per heavy atom. The number of alkyl halides is 3. The Kier molecular flexibility index (Phi) is 7.83. The highest BCUT2D eigenvalue weighted by Gasteiger charge is 2.37. The van der Waals surface area contributed by atoms with Crippen molar-refractivity contribution < 1.29 is 22.7 Å². The molecule has 0 radical (unpaired) electrons. The molecular weight excluding hydrogens is 245 g/mol. The molecule has 0 spiro atoms. The van der Waals surface area contributed by atoms with Crippen LogP contribution in [0.15, 0.2) is 30.3 Å². The van der Waals surface area contributed by atoms with Gasteiger partial charge in [0.15, 0.2) is 0 Å². The van der Waals surface area contributed by atoms with E-state index < -0.39 is 18.4 Å². The van der Waals surface area contributed by atoms with Crippen molar-refractivity contribution in [3.8, 4) is 5.75 Å². The largest absolute Gasteiger partial charge is 0.494 e. The minimum atomic E-state index is -4.73. The summed E-state index contributed by atoms with van der Waals surface area (Å²) in [4.78, 5) is 10.5. The van der Waals surface area contributed by atoms with Crippen molar-refractivity contribution in [2.75, 3.05) is 6.61 Å². The van der Waals surface area contributed by atoms with E-state index in [1.54, 1.807) is 30.3 Å². The van der Waals surface area contributed by atoms with Crippen LogP contribution >= 0.6 is 0 Å². The predicted molar refractivity (Wildman–Crippen MR) is 63.6 cm³/mol. The maximum absolute atomic E-state index is 11.8.